The van der Waals surface area contributed by atoms with E-state index in [1.165, 1.54) is 0 Å². The van der Waals surface area contributed by atoms with Gasteiger partial charge >= 0.3 is 0 Å². The highest BCUT2D eigenvalue weighted by Gasteiger charge is 2.48. The monoisotopic (exact) mass is 272 g/mol. The molecule has 0 radical (unpaired) electrons. The molecular formula is C13H24N2O4. The van der Waals surface area contributed by atoms with Crippen molar-refractivity contribution in [3.63, 3.8) is 0 Å². The molecule has 19 heavy (non-hydrogen) atoms. The average Bonchev–Trinajstić information content (AvgIpc) is 2.66. The fourth-order valence-corrected chi connectivity index (χ4v) is 3.09. The molecule has 0 aromatic rings. The Bertz CT molecular complexity index is 337. The van der Waals surface area contributed by atoms with Crippen LogP contribution in [0.15, 0.2) is 0 Å². The Morgan fingerprint density at radius 2 is 2.00 bits per heavy atom. The summed E-state index contributed by atoms with van der Waals surface area (Å²) in [7, 11) is 0. The molecule has 2 saturated heterocycles. The average molecular weight is 272 g/mol. The molecule has 2 heterocycles. The molecule has 110 valence electrons. The molecule has 2 fully saturated rings. The fraction of sp³-hybridized carbons (Fsp3) is 0.923. The van der Waals surface area contributed by atoms with Crippen LogP contribution in [0.4, 0.5) is 0 Å². The van der Waals surface area contributed by atoms with Crippen molar-refractivity contribution in [2.45, 2.75) is 57.1 Å². The molecule has 0 saturated carbocycles. The van der Waals surface area contributed by atoms with Crippen molar-refractivity contribution in [2.75, 3.05) is 13.1 Å². The van der Waals surface area contributed by atoms with Crippen molar-refractivity contribution in [1.82, 2.24) is 10.2 Å². The number of hydrogen-bond acceptors (Lipinski definition) is 5. The molecule has 1 amide bonds. The van der Waals surface area contributed by atoms with Gasteiger partial charge < -0.3 is 20.6 Å². The van der Waals surface area contributed by atoms with Gasteiger partial charge in [0.2, 0.25) is 5.91 Å². The number of aliphatic hydroxyl groups excluding tert-OH is 3. The molecule has 2 aliphatic rings. The van der Waals surface area contributed by atoms with E-state index < -0.39 is 30.4 Å². The van der Waals surface area contributed by atoms with Crippen LogP contribution in [-0.4, -0.2) is 69.6 Å². The highest BCUT2D eigenvalue weighted by Crippen LogP contribution is 2.28. The van der Waals surface area contributed by atoms with Crippen molar-refractivity contribution in [2.24, 2.45) is 5.92 Å². The Hall–Kier alpha value is -0.690. The summed E-state index contributed by atoms with van der Waals surface area (Å²) in [4.78, 5) is 13.7. The first-order valence-electron chi connectivity index (χ1n) is 6.97. The molecular weight excluding hydrogens is 248 g/mol. The number of amides is 1. The van der Waals surface area contributed by atoms with Crippen molar-refractivity contribution in [1.29, 1.82) is 0 Å². The summed E-state index contributed by atoms with van der Waals surface area (Å²) in [5.74, 6) is 0.149. The molecule has 0 aromatic carbocycles. The van der Waals surface area contributed by atoms with Crippen LogP contribution in [0, 0.1) is 5.92 Å². The molecule has 0 spiro atoms. The number of hydrogen-bond donors (Lipinski definition) is 4. The van der Waals surface area contributed by atoms with Crippen LogP contribution in [0.25, 0.3) is 0 Å². The van der Waals surface area contributed by atoms with Gasteiger partial charge in [0.25, 0.3) is 0 Å². The van der Waals surface area contributed by atoms with Crippen LogP contribution < -0.4 is 5.32 Å². The van der Waals surface area contributed by atoms with Gasteiger partial charge in [0.05, 0.1) is 24.3 Å². The first kappa shape index (κ1) is 14.7. The summed E-state index contributed by atoms with van der Waals surface area (Å²) >= 11 is 0. The summed E-state index contributed by atoms with van der Waals surface area (Å²) in [5.41, 5.74) is 0. The third-order valence-corrected chi connectivity index (χ3v) is 4.01. The Labute approximate surface area is 113 Å². The second kappa shape index (κ2) is 5.75. The molecule has 5 atom stereocenters. The lowest BCUT2D eigenvalue weighted by Gasteiger charge is -2.43. The molecule has 2 aliphatic heterocycles. The van der Waals surface area contributed by atoms with Crippen LogP contribution in [0.1, 0.15) is 26.7 Å². The molecule has 0 aromatic heterocycles. The van der Waals surface area contributed by atoms with Gasteiger partial charge in [-0.2, -0.15) is 0 Å². The van der Waals surface area contributed by atoms with Crippen LogP contribution >= 0.6 is 0 Å². The Kier molecular flexibility index (Phi) is 4.45. The molecule has 2 rings (SSSR count). The second-order valence-electron chi connectivity index (χ2n) is 6.09. The maximum atomic E-state index is 11.8. The third kappa shape index (κ3) is 3.08. The molecule has 0 unspecified atom stereocenters. The van der Waals surface area contributed by atoms with E-state index in [2.05, 4.69) is 5.32 Å². The van der Waals surface area contributed by atoms with Gasteiger partial charge in [-0.15, -0.1) is 0 Å². The molecule has 6 nitrogen and oxygen atoms in total. The highest BCUT2D eigenvalue weighted by atomic mass is 16.3. The smallest absolute Gasteiger partial charge is 0.220 e. The minimum Gasteiger partial charge on any atom is -0.391 e. The number of nitrogens with zero attached hydrogens (tertiary/aromatic N) is 1. The third-order valence-electron chi connectivity index (χ3n) is 4.01. The summed E-state index contributed by atoms with van der Waals surface area (Å²) < 4.78 is 0. The molecule has 4 N–H and O–H groups in total. The summed E-state index contributed by atoms with van der Waals surface area (Å²) in [6.45, 7) is 5.08. The SMILES string of the molecule is CC(C)CC(=O)N[C@H]1CN2CC[C@H](O)[C@@H]2[C@@H](O)[C@@H]1O. The lowest BCUT2D eigenvalue weighted by molar-refractivity contribution is -0.130. The number of aliphatic hydroxyl groups is 3. The van der Waals surface area contributed by atoms with Crippen molar-refractivity contribution in [3.8, 4) is 0 Å². The van der Waals surface area contributed by atoms with Gasteiger partial charge in [-0.3, -0.25) is 9.69 Å². The second-order valence-corrected chi connectivity index (χ2v) is 6.09. The zero-order chi connectivity index (χ0) is 14.2. The highest BCUT2D eigenvalue weighted by molar-refractivity contribution is 5.76. The largest absolute Gasteiger partial charge is 0.391 e. The summed E-state index contributed by atoms with van der Waals surface area (Å²) in [5, 5.41) is 32.7. The van der Waals surface area contributed by atoms with Crippen molar-refractivity contribution >= 4 is 5.91 Å². The zero-order valence-corrected chi connectivity index (χ0v) is 11.5. The van der Waals surface area contributed by atoms with E-state index >= 15 is 0 Å². The topological polar surface area (TPSA) is 93.0 Å². The normalized spacial score (nSPS) is 39.4. The predicted molar refractivity (Wildman–Crippen MR) is 69.4 cm³/mol. The Balaban J connectivity index is 1.98. The molecule has 6 heteroatoms. The van der Waals surface area contributed by atoms with Gasteiger partial charge in [0, 0.05) is 19.5 Å². The van der Waals surface area contributed by atoms with Crippen LogP contribution in [0.2, 0.25) is 0 Å². The Morgan fingerprint density at radius 3 is 2.63 bits per heavy atom. The van der Waals surface area contributed by atoms with Crippen molar-refractivity contribution in [3.05, 3.63) is 0 Å². The van der Waals surface area contributed by atoms with Gasteiger partial charge in [0.15, 0.2) is 0 Å². The standard InChI is InChI=1S/C13H24N2O4/c1-7(2)5-10(17)14-8-6-15-4-3-9(16)11(15)13(19)12(8)18/h7-9,11-13,16,18-19H,3-6H2,1-2H3,(H,14,17)/t8-,9-,11+,12+,13+/m0/s1. The van der Waals surface area contributed by atoms with E-state index in [1.807, 2.05) is 18.7 Å². The van der Waals surface area contributed by atoms with E-state index in [9.17, 15) is 20.1 Å². The number of carbonyl (C=O) groups is 1. The zero-order valence-electron chi connectivity index (χ0n) is 11.5. The summed E-state index contributed by atoms with van der Waals surface area (Å²) in [6.07, 6.45) is -1.63. The number of carbonyl (C=O) groups excluding carboxylic acids is 1. The first-order chi connectivity index (χ1) is 8.90. The van der Waals surface area contributed by atoms with E-state index in [0.717, 1.165) is 0 Å². The van der Waals surface area contributed by atoms with Gasteiger partial charge in [0.1, 0.15) is 6.10 Å². The van der Waals surface area contributed by atoms with Crippen molar-refractivity contribution < 1.29 is 20.1 Å². The number of nitrogens with one attached hydrogen (secondary N) is 1. The lowest BCUT2D eigenvalue weighted by Crippen LogP contribution is -2.65. The van der Waals surface area contributed by atoms with E-state index in [0.29, 0.717) is 25.9 Å². The van der Waals surface area contributed by atoms with Crippen LogP contribution in [0.3, 0.4) is 0 Å². The first-order valence-corrected chi connectivity index (χ1v) is 6.97. The molecule has 0 aliphatic carbocycles. The number of fused-ring (bicyclic) bond motifs is 1. The van der Waals surface area contributed by atoms with Crippen LogP contribution in [0.5, 0.6) is 0 Å². The number of rotatable bonds is 3. The van der Waals surface area contributed by atoms with E-state index in [-0.39, 0.29) is 11.8 Å². The predicted octanol–water partition coefficient (Wildman–Crippen LogP) is -1.31. The maximum absolute atomic E-state index is 11.8. The number of piperidine rings is 1. The van der Waals surface area contributed by atoms with E-state index in [4.69, 9.17) is 0 Å². The minimum atomic E-state index is -1.02. The maximum Gasteiger partial charge on any atom is 0.220 e. The Morgan fingerprint density at radius 1 is 1.32 bits per heavy atom. The quantitative estimate of drug-likeness (QED) is 0.512. The van der Waals surface area contributed by atoms with Gasteiger partial charge in [-0.25, -0.2) is 0 Å². The molecule has 0 bridgehead atoms. The van der Waals surface area contributed by atoms with E-state index in [1.54, 1.807) is 0 Å². The fourth-order valence-electron chi connectivity index (χ4n) is 3.09. The minimum absolute atomic E-state index is 0.107. The van der Waals surface area contributed by atoms with Crippen LogP contribution in [-0.2, 0) is 4.79 Å². The van der Waals surface area contributed by atoms with Gasteiger partial charge in [-0.05, 0) is 12.3 Å². The summed E-state index contributed by atoms with van der Waals surface area (Å²) in [6, 6.07) is -0.879. The lowest BCUT2D eigenvalue weighted by atomic mass is 9.91. The van der Waals surface area contributed by atoms with Gasteiger partial charge in [-0.1, -0.05) is 13.8 Å².